The van der Waals surface area contributed by atoms with Crippen LogP contribution in [0.3, 0.4) is 0 Å². The number of carbonyl (C=O) groups is 2. The van der Waals surface area contributed by atoms with Gasteiger partial charge in [0.2, 0.25) is 5.91 Å². The molecule has 6 heteroatoms. The van der Waals surface area contributed by atoms with E-state index >= 15 is 0 Å². The van der Waals surface area contributed by atoms with Gasteiger partial charge in [0, 0.05) is 5.56 Å². The number of aliphatic carboxylic acids is 1. The van der Waals surface area contributed by atoms with Crippen LogP contribution in [0.5, 0.6) is 0 Å². The Labute approximate surface area is 115 Å². The zero-order valence-electron chi connectivity index (χ0n) is 11.0. The predicted molar refractivity (Wildman–Crippen MR) is 69.1 cm³/mol. The minimum Gasteiger partial charge on any atom is -0.480 e. The summed E-state index contributed by atoms with van der Waals surface area (Å²) < 4.78 is 26.7. The fourth-order valence-electron chi connectivity index (χ4n) is 1.66. The smallest absolute Gasteiger partial charge is 0.326 e. The number of benzene rings is 1. The van der Waals surface area contributed by atoms with Crippen molar-refractivity contribution in [3.05, 3.63) is 47.5 Å². The molecule has 0 bridgehead atoms. The van der Waals surface area contributed by atoms with E-state index in [4.69, 9.17) is 5.11 Å². The Kier molecular flexibility index (Phi) is 5.37. The van der Waals surface area contributed by atoms with Gasteiger partial charge in [-0.15, -0.1) is 6.58 Å². The highest BCUT2D eigenvalue weighted by Crippen LogP contribution is 2.13. The number of hydrogen-bond acceptors (Lipinski definition) is 2. The van der Waals surface area contributed by atoms with Crippen LogP contribution in [0.15, 0.2) is 30.4 Å². The number of carbonyl (C=O) groups excluding carboxylic acids is 1. The summed E-state index contributed by atoms with van der Waals surface area (Å²) in [4.78, 5) is 22.6. The Balaban J connectivity index is 2.76. The maximum absolute atomic E-state index is 13.4. The second-order valence-electron chi connectivity index (χ2n) is 4.50. The lowest BCUT2D eigenvalue weighted by Gasteiger charge is -2.14. The van der Waals surface area contributed by atoms with Crippen molar-refractivity contribution < 1.29 is 23.5 Å². The quantitative estimate of drug-likeness (QED) is 0.785. The molecule has 2 N–H and O–H groups in total. The van der Waals surface area contributed by atoms with Crippen LogP contribution in [-0.2, 0) is 16.0 Å². The van der Waals surface area contributed by atoms with E-state index in [1.54, 1.807) is 6.92 Å². The van der Waals surface area contributed by atoms with Crippen LogP contribution < -0.4 is 5.32 Å². The summed E-state index contributed by atoms with van der Waals surface area (Å²) in [7, 11) is 0. The molecule has 0 unspecified atom stereocenters. The number of carboxylic acids is 1. The van der Waals surface area contributed by atoms with Crippen molar-refractivity contribution >= 4 is 11.9 Å². The van der Waals surface area contributed by atoms with Gasteiger partial charge in [-0.2, -0.15) is 0 Å². The Bertz CT molecular complexity index is 523. The van der Waals surface area contributed by atoms with E-state index < -0.39 is 36.0 Å². The monoisotopic (exact) mass is 283 g/mol. The molecular weight excluding hydrogens is 268 g/mol. The number of rotatable bonds is 6. The average molecular weight is 283 g/mol. The topological polar surface area (TPSA) is 66.4 Å². The summed E-state index contributed by atoms with van der Waals surface area (Å²) in [5.74, 6) is -3.67. The van der Waals surface area contributed by atoms with Crippen molar-refractivity contribution in [2.24, 2.45) is 0 Å². The van der Waals surface area contributed by atoms with Crippen LogP contribution in [0.4, 0.5) is 8.78 Å². The number of amides is 1. The Hall–Kier alpha value is -2.24. The Morgan fingerprint density at radius 3 is 2.35 bits per heavy atom. The number of carboxylic acid groups (broad SMARTS) is 1. The van der Waals surface area contributed by atoms with Gasteiger partial charge in [-0.1, -0.05) is 11.6 Å². The highest BCUT2D eigenvalue weighted by atomic mass is 19.1. The van der Waals surface area contributed by atoms with Crippen LogP contribution in [0.1, 0.15) is 18.9 Å². The lowest BCUT2D eigenvalue weighted by Crippen LogP contribution is -2.41. The zero-order chi connectivity index (χ0) is 15.3. The van der Waals surface area contributed by atoms with Crippen molar-refractivity contribution in [1.29, 1.82) is 0 Å². The van der Waals surface area contributed by atoms with Crippen molar-refractivity contribution in [1.82, 2.24) is 5.32 Å². The standard InChI is InChI=1S/C14H15F2NO3/c1-8(2)6-12(14(19)20)17-13(18)7-9-10(15)4-3-5-11(9)16/h3-5,12H,1,6-7H2,2H3,(H,17,18)(H,19,20)/t12-/m0/s1. The first-order valence-electron chi connectivity index (χ1n) is 5.90. The largest absolute Gasteiger partial charge is 0.480 e. The molecule has 0 aromatic heterocycles. The van der Waals surface area contributed by atoms with Crippen LogP contribution >= 0.6 is 0 Å². The molecule has 0 spiro atoms. The fraction of sp³-hybridized carbons (Fsp3) is 0.286. The van der Waals surface area contributed by atoms with Crippen LogP contribution in [-0.4, -0.2) is 23.0 Å². The lowest BCUT2D eigenvalue weighted by atomic mass is 10.1. The molecule has 1 rings (SSSR count). The first-order valence-corrected chi connectivity index (χ1v) is 5.90. The summed E-state index contributed by atoms with van der Waals surface area (Å²) in [5.41, 5.74) is 0.194. The second kappa shape index (κ2) is 6.79. The number of nitrogens with one attached hydrogen (secondary N) is 1. The second-order valence-corrected chi connectivity index (χ2v) is 4.50. The van der Waals surface area contributed by atoms with E-state index in [0.29, 0.717) is 5.57 Å². The molecule has 0 radical (unpaired) electrons. The van der Waals surface area contributed by atoms with E-state index in [1.807, 2.05) is 0 Å². The van der Waals surface area contributed by atoms with Gasteiger partial charge in [-0.05, 0) is 25.5 Å². The molecule has 0 aliphatic carbocycles. The SMILES string of the molecule is C=C(C)C[C@H](NC(=O)Cc1c(F)cccc1F)C(=O)O. The molecular formula is C14H15F2NO3. The third kappa shape index (κ3) is 4.46. The highest BCUT2D eigenvalue weighted by molar-refractivity contribution is 5.85. The summed E-state index contributed by atoms with van der Waals surface area (Å²) in [6.45, 7) is 5.19. The molecule has 0 saturated heterocycles. The molecule has 108 valence electrons. The number of hydrogen-bond donors (Lipinski definition) is 2. The summed E-state index contributed by atoms with van der Waals surface area (Å²) in [5, 5.41) is 11.2. The molecule has 0 aliphatic rings. The van der Waals surface area contributed by atoms with Crippen molar-refractivity contribution in [2.75, 3.05) is 0 Å². The van der Waals surface area contributed by atoms with Gasteiger partial charge < -0.3 is 10.4 Å². The predicted octanol–water partition coefficient (Wildman–Crippen LogP) is 2.04. The lowest BCUT2D eigenvalue weighted by molar-refractivity contribution is -0.141. The molecule has 0 saturated carbocycles. The van der Waals surface area contributed by atoms with Gasteiger partial charge in [-0.25, -0.2) is 13.6 Å². The van der Waals surface area contributed by atoms with Crippen molar-refractivity contribution in [3.63, 3.8) is 0 Å². The van der Waals surface area contributed by atoms with E-state index in [0.717, 1.165) is 12.1 Å². The van der Waals surface area contributed by atoms with Gasteiger partial charge in [0.25, 0.3) is 0 Å². The maximum atomic E-state index is 13.4. The molecule has 0 fully saturated rings. The normalized spacial score (nSPS) is 11.8. The minimum atomic E-state index is -1.23. The van der Waals surface area contributed by atoms with Gasteiger partial charge in [0.05, 0.1) is 6.42 Å². The van der Waals surface area contributed by atoms with Gasteiger partial charge in [-0.3, -0.25) is 4.79 Å². The first-order chi connectivity index (χ1) is 9.31. The van der Waals surface area contributed by atoms with Gasteiger partial charge >= 0.3 is 5.97 Å². The molecule has 4 nitrogen and oxygen atoms in total. The average Bonchev–Trinajstić information content (AvgIpc) is 2.32. The van der Waals surface area contributed by atoms with Gasteiger partial charge in [0.15, 0.2) is 0 Å². The summed E-state index contributed by atoms with van der Waals surface area (Å²) >= 11 is 0. The molecule has 0 heterocycles. The third-order valence-corrected chi connectivity index (χ3v) is 2.58. The first kappa shape index (κ1) is 15.8. The Morgan fingerprint density at radius 2 is 1.90 bits per heavy atom. The summed E-state index contributed by atoms with van der Waals surface area (Å²) in [6, 6.07) is 2.10. The summed E-state index contributed by atoms with van der Waals surface area (Å²) in [6.07, 6.45) is -0.501. The third-order valence-electron chi connectivity index (χ3n) is 2.58. The van der Waals surface area contributed by atoms with Crippen LogP contribution in [0, 0.1) is 11.6 Å². The van der Waals surface area contributed by atoms with Gasteiger partial charge in [0.1, 0.15) is 17.7 Å². The van der Waals surface area contributed by atoms with E-state index in [9.17, 15) is 18.4 Å². The zero-order valence-corrected chi connectivity index (χ0v) is 11.0. The highest BCUT2D eigenvalue weighted by Gasteiger charge is 2.21. The maximum Gasteiger partial charge on any atom is 0.326 e. The molecule has 1 aromatic rings. The van der Waals surface area contributed by atoms with Crippen LogP contribution in [0.2, 0.25) is 0 Å². The van der Waals surface area contributed by atoms with E-state index in [2.05, 4.69) is 11.9 Å². The fourth-order valence-corrected chi connectivity index (χ4v) is 1.66. The molecule has 1 amide bonds. The van der Waals surface area contributed by atoms with Crippen molar-refractivity contribution in [3.8, 4) is 0 Å². The van der Waals surface area contributed by atoms with E-state index in [1.165, 1.54) is 6.07 Å². The van der Waals surface area contributed by atoms with E-state index in [-0.39, 0.29) is 12.0 Å². The molecule has 1 atom stereocenters. The molecule has 0 aliphatic heterocycles. The van der Waals surface area contributed by atoms with Crippen LogP contribution in [0.25, 0.3) is 0 Å². The molecule has 1 aromatic carbocycles. The molecule has 20 heavy (non-hydrogen) atoms. The van der Waals surface area contributed by atoms with Crippen molar-refractivity contribution in [2.45, 2.75) is 25.8 Å². The number of halogens is 2. The minimum absolute atomic E-state index is 0.0564. The Morgan fingerprint density at radius 1 is 1.35 bits per heavy atom.